The number of nitrogens with two attached hydrogens (primary N) is 1. The van der Waals surface area contributed by atoms with Crippen molar-refractivity contribution in [3.8, 4) is 0 Å². The molecule has 0 aliphatic rings. The van der Waals surface area contributed by atoms with E-state index in [9.17, 15) is 4.39 Å². The molecule has 2 aromatic heterocycles. The molecule has 0 saturated carbocycles. The molecule has 4 nitrogen and oxygen atoms in total. The third-order valence-corrected chi connectivity index (χ3v) is 2.74. The summed E-state index contributed by atoms with van der Waals surface area (Å²) < 4.78 is 15.4. The van der Waals surface area contributed by atoms with Crippen LogP contribution in [0.3, 0.4) is 0 Å². The quantitative estimate of drug-likeness (QED) is 0.874. The van der Waals surface area contributed by atoms with Gasteiger partial charge in [0.1, 0.15) is 11.6 Å². The molecule has 17 heavy (non-hydrogen) atoms. The highest BCUT2D eigenvalue weighted by molar-refractivity contribution is 5.11. The second kappa shape index (κ2) is 5.05. The predicted octanol–water partition coefficient (Wildman–Crippen LogP) is 1.59. The number of aryl methyl sites for hydroxylation is 2. The molecule has 0 fully saturated rings. The Hall–Kier alpha value is -1.75. The number of imidazole rings is 1. The standard InChI is InChI=1S/C12H15FN4/c1-17-8-7-15-11(17)5-4-10(14)12-9(13)3-2-6-16-12/h2-3,6-8,10H,4-5,14H2,1H3. The summed E-state index contributed by atoms with van der Waals surface area (Å²) in [5.74, 6) is 0.594. The Bertz CT molecular complexity index is 495. The molecule has 0 radical (unpaired) electrons. The Kier molecular flexibility index (Phi) is 3.49. The number of nitrogens with zero attached hydrogens (tertiary/aromatic N) is 3. The smallest absolute Gasteiger partial charge is 0.146 e. The minimum atomic E-state index is -0.395. The van der Waals surface area contributed by atoms with Crippen LogP contribution in [-0.2, 0) is 13.5 Å². The zero-order valence-electron chi connectivity index (χ0n) is 9.68. The van der Waals surface area contributed by atoms with Crippen molar-refractivity contribution in [3.63, 3.8) is 0 Å². The first-order valence-corrected chi connectivity index (χ1v) is 5.50. The van der Waals surface area contributed by atoms with Crippen molar-refractivity contribution in [2.45, 2.75) is 18.9 Å². The summed E-state index contributed by atoms with van der Waals surface area (Å²) in [6.45, 7) is 0. The Labute approximate surface area is 99.3 Å². The molecular weight excluding hydrogens is 219 g/mol. The fourth-order valence-corrected chi connectivity index (χ4v) is 1.73. The van der Waals surface area contributed by atoms with E-state index in [2.05, 4.69) is 9.97 Å². The molecule has 0 saturated heterocycles. The van der Waals surface area contributed by atoms with E-state index in [-0.39, 0.29) is 5.82 Å². The van der Waals surface area contributed by atoms with Gasteiger partial charge in [-0.15, -0.1) is 0 Å². The summed E-state index contributed by atoms with van der Waals surface area (Å²) in [6.07, 6.45) is 6.50. The number of rotatable bonds is 4. The molecule has 2 rings (SSSR count). The van der Waals surface area contributed by atoms with Crippen LogP contribution in [0.2, 0.25) is 0 Å². The number of pyridine rings is 1. The molecule has 0 amide bonds. The Balaban J connectivity index is 2.01. The van der Waals surface area contributed by atoms with Gasteiger partial charge in [-0.05, 0) is 18.6 Å². The Morgan fingerprint density at radius 3 is 2.88 bits per heavy atom. The molecule has 2 N–H and O–H groups in total. The monoisotopic (exact) mass is 234 g/mol. The first-order chi connectivity index (χ1) is 8.18. The first-order valence-electron chi connectivity index (χ1n) is 5.50. The van der Waals surface area contributed by atoms with E-state index < -0.39 is 6.04 Å². The lowest BCUT2D eigenvalue weighted by molar-refractivity contribution is 0.540. The second-order valence-electron chi connectivity index (χ2n) is 3.97. The van der Waals surface area contributed by atoms with Crippen LogP contribution in [0.5, 0.6) is 0 Å². The lowest BCUT2D eigenvalue weighted by atomic mass is 10.1. The summed E-state index contributed by atoms with van der Waals surface area (Å²) in [4.78, 5) is 8.17. The van der Waals surface area contributed by atoms with Gasteiger partial charge in [0.15, 0.2) is 0 Å². The molecule has 0 aliphatic heterocycles. The van der Waals surface area contributed by atoms with E-state index in [0.29, 0.717) is 18.5 Å². The van der Waals surface area contributed by atoms with E-state index in [1.54, 1.807) is 18.5 Å². The minimum Gasteiger partial charge on any atom is -0.338 e. The van der Waals surface area contributed by atoms with Crippen molar-refractivity contribution in [1.82, 2.24) is 14.5 Å². The van der Waals surface area contributed by atoms with Crippen LogP contribution in [0.1, 0.15) is 24.0 Å². The first kappa shape index (κ1) is 11.7. The minimum absolute atomic E-state index is 0.321. The third-order valence-electron chi connectivity index (χ3n) is 2.74. The second-order valence-corrected chi connectivity index (χ2v) is 3.97. The van der Waals surface area contributed by atoms with Gasteiger partial charge in [0.2, 0.25) is 0 Å². The van der Waals surface area contributed by atoms with Crippen LogP contribution >= 0.6 is 0 Å². The van der Waals surface area contributed by atoms with E-state index in [4.69, 9.17) is 5.73 Å². The Morgan fingerprint density at radius 1 is 1.41 bits per heavy atom. The van der Waals surface area contributed by atoms with Gasteiger partial charge in [-0.3, -0.25) is 4.98 Å². The van der Waals surface area contributed by atoms with Crippen molar-refractivity contribution < 1.29 is 4.39 Å². The van der Waals surface area contributed by atoms with Crippen molar-refractivity contribution >= 4 is 0 Å². The average Bonchev–Trinajstić information content (AvgIpc) is 2.72. The lowest BCUT2D eigenvalue weighted by Gasteiger charge is -2.11. The van der Waals surface area contributed by atoms with Crippen LogP contribution in [0.4, 0.5) is 4.39 Å². The fraction of sp³-hybridized carbons (Fsp3) is 0.333. The van der Waals surface area contributed by atoms with Gasteiger partial charge in [0, 0.05) is 32.1 Å². The molecule has 1 unspecified atom stereocenters. The average molecular weight is 234 g/mol. The topological polar surface area (TPSA) is 56.7 Å². The van der Waals surface area contributed by atoms with E-state index in [0.717, 1.165) is 5.82 Å². The van der Waals surface area contributed by atoms with Crippen LogP contribution in [0.25, 0.3) is 0 Å². The summed E-state index contributed by atoms with van der Waals surface area (Å²) in [6, 6.07) is 2.54. The molecular formula is C12H15FN4. The number of hydrogen-bond donors (Lipinski definition) is 1. The van der Waals surface area contributed by atoms with Gasteiger partial charge >= 0.3 is 0 Å². The molecule has 1 atom stereocenters. The number of halogens is 1. The van der Waals surface area contributed by atoms with Crippen molar-refractivity contribution in [1.29, 1.82) is 0 Å². The maximum atomic E-state index is 13.4. The summed E-state index contributed by atoms with van der Waals surface area (Å²) in [5, 5.41) is 0. The highest BCUT2D eigenvalue weighted by Crippen LogP contribution is 2.16. The number of aromatic nitrogens is 3. The van der Waals surface area contributed by atoms with Gasteiger partial charge in [0.05, 0.1) is 11.7 Å². The zero-order chi connectivity index (χ0) is 12.3. The Morgan fingerprint density at radius 2 is 2.24 bits per heavy atom. The fourth-order valence-electron chi connectivity index (χ4n) is 1.73. The molecule has 0 spiro atoms. The summed E-state index contributed by atoms with van der Waals surface area (Å²) in [5.41, 5.74) is 6.24. The van der Waals surface area contributed by atoms with Crippen molar-refractivity contribution in [2.75, 3.05) is 0 Å². The molecule has 0 aromatic carbocycles. The maximum Gasteiger partial charge on any atom is 0.146 e. The van der Waals surface area contributed by atoms with Crippen molar-refractivity contribution in [2.24, 2.45) is 12.8 Å². The molecule has 0 aliphatic carbocycles. The highest BCUT2D eigenvalue weighted by atomic mass is 19.1. The maximum absolute atomic E-state index is 13.4. The zero-order valence-corrected chi connectivity index (χ0v) is 9.68. The molecule has 2 aromatic rings. The molecule has 90 valence electrons. The van der Waals surface area contributed by atoms with Gasteiger partial charge in [-0.2, -0.15) is 0 Å². The van der Waals surface area contributed by atoms with Crippen molar-refractivity contribution in [3.05, 3.63) is 48.1 Å². The SMILES string of the molecule is Cn1ccnc1CCC(N)c1ncccc1F. The van der Waals surface area contributed by atoms with Gasteiger partial charge in [-0.1, -0.05) is 0 Å². The van der Waals surface area contributed by atoms with Crippen LogP contribution in [0, 0.1) is 5.82 Å². The van der Waals surface area contributed by atoms with Gasteiger partial charge < -0.3 is 10.3 Å². The number of hydrogen-bond acceptors (Lipinski definition) is 3. The summed E-state index contributed by atoms with van der Waals surface area (Å²) in [7, 11) is 1.93. The van der Waals surface area contributed by atoms with Crippen LogP contribution in [0.15, 0.2) is 30.7 Å². The third kappa shape index (κ3) is 2.68. The van der Waals surface area contributed by atoms with Crippen LogP contribution in [-0.4, -0.2) is 14.5 Å². The van der Waals surface area contributed by atoms with E-state index >= 15 is 0 Å². The molecule has 0 bridgehead atoms. The van der Waals surface area contributed by atoms with E-state index in [1.165, 1.54) is 6.07 Å². The van der Waals surface area contributed by atoms with Crippen LogP contribution < -0.4 is 5.73 Å². The van der Waals surface area contributed by atoms with Gasteiger partial charge in [0.25, 0.3) is 0 Å². The predicted molar refractivity (Wildman–Crippen MR) is 62.7 cm³/mol. The molecule has 2 heterocycles. The summed E-state index contributed by atoms with van der Waals surface area (Å²) >= 11 is 0. The normalized spacial score (nSPS) is 12.6. The highest BCUT2D eigenvalue weighted by Gasteiger charge is 2.13. The largest absolute Gasteiger partial charge is 0.338 e. The molecule has 5 heteroatoms. The lowest BCUT2D eigenvalue weighted by Crippen LogP contribution is -2.15. The van der Waals surface area contributed by atoms with E-state index in [1.807, 2.05) is 17.8 Å². The van der Waals surface area contributed by atoms with Gasteiger partial charge in [-0.25, -0.2) is 9.37 Å².